The van der Waals surface area contributed by atoms with Crippen molar-refractivity contribution in [3.63, 3.8) is 0 Å². The molecule has 0 heterocycles. The molecule has 1 aromatic rings. The maximum atomic E-state index is 10.8. The molecule has 0 aliphatic rings. The van der Waals surface area contributed by atoms with Gasteiger partial charge >= 0.3 is 5.69 Å². The molecule has 0 fully saturated rings. The number of aromatic hydroxyl groups is 1. The van der Waals surface area contributed by atoms with Crippen molar-refractivity contribution in [2.24, 2.45) is 5.73 Å². The number of phenolic OH excluding ortho intramolecular Hbond substituents is 1. The number of rotatable bonds is 7. The Bertz CT molecular complexity index is 437. The quantitative estimate of drug-likeness (QED) is 0.582. The minimum atomic E-state index is -0.585. The van der Waals surface area contributed by atoms with Gasteiger partial charge in [0.1, 0.15) is 0 Å². The second kappa shape index (κ2) is 7.06. The first-order valence-electron chi connectivity index (χ1n) is 6.38. The normalized spacial score (nSPS) is 12.6. The van der Waals surface area contributed by atoms with Crippen molar-refractivity contribution in [1.29, 1.82) is 0 Å². The molecule has 0 saturated carbocycles. The van der Waals surface area contributed by atoms with Crippen molar-refractivity contribution in [2.75, 3.05) is 20.1 Å². The van der Waals surface area contributed by atoms with Gasteiger partial charge in [-0.05, 0) is 31.6 Å². The lowest BCUT2D eigenvalue weighted by Crippen LogP contribution is -2.31. The van der Waals surface area contributed by atoms with Crippen molar-refractivity contribution in [2.45, 2.75) is 25.8 Å². The summed E-state index contributed by atoms with van der Waals surface area (Å²) in [6, 6.07) is 4.35. The van der Waals surface area contributed by atoms with Crippen LogP contribution in [0.5, 0.6) is 5.75 Å². The Morgan fingerprint density at radius 1 is 1.53 bits per heavy atom. The number of benzene rings is 1. The molecule has 0 saturated heterocycles. The zero-order valence-electron chi connectivity index (χ0n) is 11.4. The van der Waals surface area contributed by atoms with Gasteiger partial charge < -0.3 is 10.8 Å². The number of unbranched alkanes of at least 4 members (excludes halogenated alkanes) is 1. The molecular weight excluding hydrogens is 246 g/mol. The second-order valence-corrected chi connectivity index (χ2v) is 4.59. The van der Waals surface area contributed by atoms with E-state index in [0.717, 1.165) is 24.9 Å². The Balaban J connectivity index is 2.98. The number of nitro groups is 1. The third-order valence-corrected chi connectivity index (χ3v) is 3.20. The summed E-state index contributed by atoms with van der Waals surface area (Å²) < 4.78 is 0. The summed E-state index contributed by atoms with van der Waals surface area (Å²) in [5.74, 6) is -0.319. The lowest BCUT2D eigenvalue weighted by molar-refractivity contribution is -0.386. The van der Waals surface area contributed by atoms with Gasteiger partial charge in [0.05, 0.1) is 4.92 Å². The highest BCUT2D eigenvalue weighted by atomic mass is 16.6. The van der Waals surface area contributed by atoms with Gasteiger partial charge in [0.2, 0.25) is 0 Å². The predicted molar refractivity (Wildman–Crippen MR) is 74.1 cm³/mol. The molecule has 3 N–H and O–H groups in total. The molecule has 0 aliphatic carbocycles. The summed E-state index contributed by atoms with van der Waals surface area (Å²) in [7, 11) is 1.95. The first kappa shape index (κ1) is 15.4. The fourth-order valence-electron chi connectivity index (χ4n) is 2.03. The third kappa shape index (κ3) is 3.90. The van der Waals surface area contributed by atoms with Crippen molar-refractivity contribution < 1.29 is 10.0 Å². The SMILES string of the molecule is CCCCN(C)C(CN)c1ccc(O)c([N+](=O)[O-])c1. The summed E-state index contributed by atoms with van der Waals surface area (Å²) in [6.07, 6.45) is 2.13. The lowest BCUT2D eigenvalue weighted by Gasteiger charge is -2.27. The van der Waals surface area contributed by atoms with Crippen molar-refractivity contribution in [3.8, 4) is 5.75 Å². The van der Waals surface area contributed by atoms with Gasteiger partial charge in [-0.15, -0.1) is 0 Å². The molecule has 1 unspecified atom stereocenters. The number of nitro benzene ring substituents is 1. The molecule has 1 aromatic carbocycles. The van der Waals surface area contributed by atoms with Crippen LogP contribution in [0.2, 0.25) is 0 Å². The summed E-state index contributed by atoms with van der Waals surface area (Å²) in [5, 5.41) is 20.3. The average molecular weight is 267 g/mol. The summed E-state index contributed by atoms with van der Waals surface area (Å²) in [6.45, 7) is 3.37. The summed E-state index contributed by atoms with van der Waals surface area (Å²) in [5.41, 5.74) is 6.24. The molecular formula is C13H21N3O3. The van der Waals surface area contributed by atoms with Crippen LogP contribution in [0.4, 0.5) is 5.69 Å². The topological polar surface area (TPSA) is 92.6 Å². The number of hydrogen-bond donors (Lipinski definition) is 2. The van der Waals surface area contributed by atoms with Crippen molar-refractivity contribution >= 4 is 5.69 Å². The van der Waals surface area contributed by atoms with E-state index < -0.39 is 4.92 Å². The molecule has 106 valence electrons. The number of nitrogens with zero attached hydrogens (tertiary/aromatic N) is 2. The smallest absolute Gasteiger partial charge is 0.311 e. The van der Waals surface area contributed by atoms with Gasteiger partial charge in [-0.1, -0.05) is 19.4 Å². The minimum Gasteiger partial charge on any atom is -0.502 e. The number of hydrogen-bond acceptors (Lipinski definition) is 5. The van der Waals surface area contributed by atoms with Crippen LogP contribution in [0, 0.1) is 10.1 Å². The molecule has 0 bridgehead atoms. The predicted octanol–water partition coefficient (Wildman–Crippen LogP) is 2.03. The van der Waals surface area contributed by atoms with E-state index in [0.29, 0.717) is 6.54 Å². The van der Waals surface area contributed by atoms with Gasteiger partial charge in [-0.2, -0.15) is 0 Å². The molecule has 0 amide bonds. The Kier molecular flexibility index (Phi) is 5.72. The van der Waals surface area contributed by atoms with E-state index in [1.807, 2.05) is 7.05 Å². The minimum absolute atomic E-state index is 0.0779. The van der Waals surface area contributed by atoms with Crippen LogP contribution in [0.15, 0.2) is 18.2 Å². The number of nitrogens with two attached hydrogens (primary N) is 1. The van der Waals surface area contributed by atoms with Crippen LogP contribution in [0.1, 0.15) is 31.4 Å². The molecule has 19 heavy (non-hydrogen) atoms. The summed E-state index contributed by atoms with van der Waals surface area (Å²) >= 11 is 0. The molecule has 1 atom stereocenters. The van der Waals surface area contributed by atoms with Crippen LogP contribution in [-0.2, 0) is 0 Å². The Morgan fingerprint density at radius 2 is 2.21 bits per heavy atom. The fourth-order valence-corrected chi connectivity index (χ4v) is 2.03. The standard InChI is InChI=1S/C13H21N3O3/c1-3-4-7-15(2)12(9-14)10-5-6-13(17)11(8-10)16(18)19/h5-6,8,12,17H,3-4,7,9,14H2,1-2H3. The Hall–Kier alpha value is -1.66. The molecule has 0 aliphatic heterocycles. The zero-order chi connectivity index (χ0) is 14.4. The second-order valence-electron chi connectivity index (χ2n) is 4.59. The van der Waals surface area contributed by atoms with E-state index in [-0.39, 0.29) is 17.5 Å². The van der Waals surface area contributed by atoms with E-state index in [1.54, 1.807) is 6.07 Å². The number of phenols is 1. The molecule has 0 radical (unpaired) electrons. The van der Waals surface area contributed by atoms with Crippen LogP contribution < -0.4 is 5.73 Å². The lowest BCUT2D eigenvalue weighted by atomic mass is 10.0. The van der Waals surface area contributed by atoms with Crippen LogP contribution >= 0.6 is 0 Å². The van der Waals surface area contributed by atoms with E-state index >= 15 is 0 Å². The highest BCUT2D eigenvalue weighted by molar-refractivity contribution is 5.48. The average Bonchev–Trinajstić information content (AvgIpc) is 2.38. The van der Waals surface area contributed by atoms with E-state index in [9.17, 15) is 15.2 Å². The van der Waals surface area contributed by atoms with Gasteiger partial charge in [-0.25, -0.2) is 0 Å². The van der Waals surface area contributed by atoms with Gasteiger partial charge in [-0.3, -0.25) is 15.0 Å². The molecule has 0 spiro atoms. The van der Waals surface area contributed by atoms with Crippen molar-refractivity contribution in [1.82, 2.24) is 4.90 Å². The largest absolute Gasteiger partial charge is 0.502 e. The summed E-state index contributed by atoms with van der Waals surface area (Å²) in [4.78, 5) is 12.3. The first-order chi connectivity index (χ1) is 9.01. The van der Waals surface area contributed by atoms with Gasteiger partial charge in [0.25, 0.3) is 0 Å². The van der Waals surface area contributed by atoms with Crippen LogP contribution in [0.3, 0.4) is 0 Å². The fraction of sp³-hybridized carbons (Fsp3) is 0.538. The number of likely N-dealkylation sites (N-methyl/N-ethyl adjacent to an activating group) is 1. The first-order valence-corrected chi connectivity index (χ1v) is 6.38. The van der Waals surface area contributed by atoms with Crippen LogP contribution in [0.25, 0.3) is 0 Å². The van der Waals surface area contributed by atoms with Crippen LogP contribution in [-0.4, -0.2) is 35.1 Å². The Morgan fingerprint density at radius 3 is 2.74 bits per heavy atom. The van der Waals surface area contributed by atoms with Crippen molar-refractivity contribution in [3.05, 3.63) is 33.9 Å². The van der Waals surface area contributed by atoms with E-state index in [1.165, 1.54) is 12.1 Å². The Labute approximate surface area is 113 Å². The molecule has 6 nitrogen and oxygen atoms in total. The monoisotopic (exact) mass is 267 g/mol. The van der Waals surface area contributed by atoms with Gasteiger partial charge in [0.15, 0.2) is 5.75 Å². The highest BCUT2D eigenvalue weighted by Crippen LogP contribution is 2.30. The molecule has 1 rings (SSSR count). The molecule has 6 heteroatoms. The maximum Gasteiger partial charge on any atom is 0.311 e. The molecule has 0 aromatic heterocycles. The van der Waals surface area contributed by atoms with Gasteiger partial charge in [0, 0.05) is 18.7 Å². The van der Waals surface area contributed by atoms with E-state index in [4.69, 9.17) is 5.73 Å². The van der Waals surface area contributed by atoms with E-state index in [2.05, 4.69) is 11.8 Å². The third-order valence-electron chi connectivity index (χ3n) is 3.20. The highest BCUT2D eigenvalue weighted by Gasteiger charge is 2.20. The zero-order valence-corrected chi connectivity index (χ0v) is 11.4. The maximum absolute atomic E-state index is 10.8.